The van der Waals surface area contributed by atoms with Gasteiger partial charge in [-0.3, -0.25) is 9.48 Å². The fourth-order valence-corrected chi connectivity index (χ4v) is 1.43. The molecule has 88 valence electrons. The summed E-state index contributed by atoms with van der Waals surface area (Å²) in [6.45, 7) is 1.75. The number of hydrogen-bond acceptors (Lipinski definition) is 4. The third-order valence-corrected chi connectivity index (χ3v) is 2.52. The number of aryl methyl sites for hydroxylation is 1. The molecule has 17 heavy (non-hydrogen) atoms. The summed E-state index contributed by atoms with van der Waals surface area (Å²) in [4.78, 5) is 22.6. The van der Waals surface area contributed by atoms with E-state index >= 15 is 0 Å². The Bertz CT molecular complexity index is 594. The lowest BCUT2D eigenvalue weighted by Crippen LogP contribution is -2.02. The van der Waals surface area contributed by atoms with E-state index in [9.17, 15) is 9.59 Å². The normalized spacial score (nSPS) is 10.5. The minimum absolute atomic E-state index is 0.00139. The Balaban J connectivity index is 2.37. The van der Waals surface area contributed by atoms with Crippen molar-refractivity contribution >= 4 is 11.8 Å². The van der Waals surface area contributed by atoms with Crippen molar-refractivity contribution in [1.29, 1.82) is 0 Å². The summed E-state index contributed by atoms with van der Waals surface area (Å²) in [5.41, 5.74) is 1.10. The lowest BCUT2D eigenvalue weighted by Gasteiger charge is -1.97. The Labute approximate surface area is 96.5 Å². The molecule has 0 aliphatic heterocycles. The largest absolute Gasteiger partial charge is 0.475 e. The summed E-state index contributed by atoms with van der Waals surface area (Å²) in [6, 6.07) is 2.60. The van der Waals surface area contributed by atoms with Crippen molar-refractivity contribution in [1.82, 2.24) is 9.78 Å². The molecule has 0 aromatic carbocycles. The number of aromatic nitrogens is 2. The molecule has 0 saturated carbocycles. The average molecular weight is 234 g/mol. The van der Waals surface area contributed by atoms with Gasteiger partial charge in [-0.15, -0.1) is 0 Å². The van der Waals surface area contributed by atoms with Crippen LogP contribution in [0.15, 0.2) is 22.7 Å². The predicted molar refractivity (Wildman–Crippen MR) is 57.0 cm³/mol. The molecule has 6 nitrogen and oxygen atoms in total. The number of nitrogens with zero attached hydrogens (tertiary/aromatic N) is 2. The van der Waals surface area contributed by atoms with Crippen LogP contribution in [0.2, 0.25) is 0 Å². The molecule has 6 heteroatoms. The van der Waals surface area contributed by atoms with Gasteiger partial charge in [-0.05, 0) is 19.1 Å². The molecule has 2 aromatic heterocycles. The SMILES string of the molecule is Cc1c(C(=O)c2ccc(C(=O)O)o2)cnn1C. The van der Waals surface area contributed by atoms with Gasteiger partial charge < -0.3 is 9.52 Å². The Morgan fingerprint density at radius 3 is 2.47 bits per heavy atom. The molecule has 0 spiro atoms. The highest BCUT2D eigenvalue weighted by Gasteiger charge is 2.19. The molecular formula is C11H10N2O4. The molecule has 0 aliphatic carbocycles. The van der Waals surface area contributed by atoms with E-state index in [-0.39, 0.29) is 17.3 Å². The number of carboxylic acid groups (broad SMARTS) is 1. The van der Waals surface area contributed by atoms with Crippen molar-refractivity contribution < 1.29 is 19.1 Å². The molecule has 0 radical (unpaired) electrons. The number of ketones is 1. The highest BCUT2D eigenvalue weighted by atomic mass is 16.4. The topological polar surface area (TPSA) is 85.3 Å². The van der Waals surface area contributed by atoms with Crippen LogP contribution in [0.1, 0.15) is 32.4 Å². The van der Waals surface area contributed by atoms with Gasteiger partial charge in [0.2, 0.25) is 11.5 Å². The zero-order chi connectivity index (χ0) is 12.6. The lowest BCUT2D eigenvalue weighted by molar-refractivity contribution is 0.0660. The standard InChI is InChI=1S/C11H10N2O4/c1-6-7(5-12-13(6)2)10(14)8-3-4-9(17-8)11(15)16/h3-5H,1-2H3,(H,15,16). The maximum atomic E-state index is 12.0. The van der Waals surface area contributed by atoms with Crippen LogP contribution in [0.25, 0.3) is 0 Å². The van der Waals surface area contributed by atoms with Gasteiger partial charge in [0.1, 0.15) is 0 Å². The monoisotopic (exact) mass is 234 g/mol. The number of aromatic carboxylic acids is 1. The van der Waals surface area contributed by atoms with Crippen molar-refractivity contribution in [3.8, 4) is 0 Å². The molecule has 0 amide bonds. The highest BCUT2D eigenvalue weighted by molar-refractivity contribution is 6.08. The predicted octanol–water partition coefficient (Wildman–Crippen LogP) is 1.25. The summed E-state index contributed by atoms with van der Waals surface area (Å²) >= 11 is 0. The molecule has 0 atom stereocenters. The van der Waals surface area contributed by atoms with Crippen molar-refractivity contribution in [3.63, 3.8) is 0 Å². The van der Waals surface area contributed by atoms with E-state index in [1.165, 1.54) is 18.3 Å². The zero-order valence-electron chi connectivity index (χ0n) is 9.30. The highest BCUT2D eigenvalue weighted by Crippen LogP contribution is 2.15. The molecular weight excluding hydrogens is 224 g/mol. The fraction of sp³-hybridized carbons (Fsp3) is 0.182. The first-order valence-corrected chi connectivity index (χ1v) is 4.87. The summed E-state index contributed by atoms with van der Waals surface area (Å²) in [6.07, 6.45) is 1.43. The van der Waals surface area contributed by atoms with E-state index in [0.29, 0.717) is 11.3 Å². The molecule has 0 saturated heterocycles. The average Bonchev–Trinajstić information content (AvgIpc) is 2.87. The molecule has 0 fully saturated rings. The summed E-state index contributed by atoms with van der Waals surface area (Å²) in [5.74, 6) is -1.83. The molecule has 0 aliphatic rings. The van der Waals surface area contributed by atoms with Gasteiger partial charge >= 0.3 is 5.97 Å². The van der Waals surface area contributed by atoms with Gasteiger partial charge in [-0.1, -0.05) is 0 Å². The van der Waals surface area contributed by atoms with E-state index in [1.54, 1.807) is 18.7 Å². The summed E-state index contributed by atoms with van der Waals surface area (Å²) in [7, 11) is 1.72. The number of carbonyl (C=O) groups excluding carboxylic acids is 1. The van der Waals surface area contributed by atoms with Crippen molar-refractivity contribution in [2.24, 2.45) is 7.05 Å². The summed E-state index contributed by atoms with van der Waals surface area (Å²) < 4.78 is 6.50. The zero-order valence-corrected chi connectivity index (χ0v) is 9.30. The van der Waals surface area contributed by atoms with Crippen LogP contribution >= 0.6 is 0 Å². The minimum Gasteiger partial charge on any atom is -0.475 e. The third kappa shape index (κ3) is 1.84. The Morgan fingerprint density at radius 2 is 2.00 bits per heavy atom. The fourth-order valence-electron chi connectivity index (χ4n) is 1.43. The number of carbonyl (C=O) groups is 2. The van der Waals surface area contributed by atoms with Gasteiger partial charge in [-0.25, -0.2) is 4.79 Å². The molecule has 0 unspecified atom stereocenters. The summed E-state index contributed by atoms with van der Waals surface area (Å²) in [5, 5.41) is 12.6. The maximum Gasteiger partial charge on any atom is 0.371 e. The van der Waals surface area contributed by atoms with Gasteiger partial charge in [0.15, 0.2) is 5.76 Å². The van der Waals surface area contributed by atoms with Crippen LogP contribution in [0.5, 0.6) is 0 Å². The quantitative estimate of drug-likeness (QED) is 0.808. The first kappa shape index (κ1) is 11.1. The smallest absolute Gasteiger partial charge is 0.371 e. The van der Waals surface area contributed by atoms with Crippen LogP contribution in [0, 0.1) is 6.92 Å². The van der Waals surface area contributed by atoms with Crippen molar-refractivity contribution in [2.45, 2.75) is 6.92 Å². The molecule has 2 rings (SSSR count). The third-order valence-electron chi connectivity index (χ3n) is 2.52. The van der Waals surface area contributed by atoms with E-state index in [4.69, 9.17) is 9.52 Å². The van der Waals surface area contributed by atoms with Crippen molar-refractivity contribution in [2.75, 3.05) is 0 Å². The number of hydrogen-bond donors (Lipinski definition) is 1. The number of rotatable bonds is 3. The van der Waals surface area contributed by atoms with Gasteiger partial charge in [0, 0.05) is 12.7 Å². The second kappa shape index (κ2) is 3.89. The van der Waals surface area contributed by atoms with Crippen LogP contribution in [0.3, 0.4) is 0 Å². The first-order valence-electron chi connectivity index (χ1n) is 4.87. The number of carboxylic acids is 1. The van der Waals surface area contributed by atoms with E-state index in [2.05, 4.69) is 5.10 Å². The van der Waals surface area contributed by atoms with Crippen molar-refractivity contribution in [3.05, 3.63) is 41.1 Å². The maximum absolute atomic E-state index is 12.0. The Hall–Kier alpha value is -2.37. The van der Waals surface area contributed by atoms with E-state index < -0.39 is 5.97 Å². The van der Waals surface area contributed by atoms with E-state index in [0.717, 1.165) is 0 Å². The van der Waals surface area contributed by atoms with Gasteiger partial charge in [-0.2, -0.15) is 5.10 Å². The first-order chi connectivity index (χ1) is 8.00. The minimum atomic E-state index is -1.20. The van der Waals surface area contributed by atoms with Crippen LogP contribution in [-0.4, -0.2) is 26.6 Å². The lowest BCUT2D eigenvalue weighted by atomic mass is 10.1. The second-order valence-corrected chi connectivity index (χ2v) is 3.57. The van der Waals surface area contributed by atoms with E-state index in [1.807, 2.05) is 0 Å². The Morgan fingerprint density at radius 1 is 1.35 bits per heavy atom. The molecule has 2 aromatic rings. The molecule has 1 N–H and O–H groups in total. The molecule has 2 heterocycles. The Kier molecular flexibility index (Phi) is 2.55. The molecule has 0 bridgehead atoms. The van der Waals surface area contributed by atoms with Gasteiger partial charge in [0.05, 0.1) is 11.8 Å². The van der Waals surface area contributed by atoms with Gasteiger partial charge in [0.25, 0.3) is 0 Å². The van der Waals surface area contributed by atoms with Crippen LogP contribution in [0.4, 0.5) is 0 Å². The van der Waals surface area contributed by atoms with Crippen LogP contribution in [-0.2, 0) is 7.05 Å². The second-order valence-electron chi connectivity index (χ2n) is 3.57. The van der Waals surface area contributed by atoms with Crippen LogP contribution < -0.4 is 0 Å². The number of furan rings is 1.